The zero-order chi connectivity index (χ0) is 11.0. The largest absolute Gasteiger partial charge is 0.251 e. The molecule has 0 heterocycles. The molecule has 0 aliphatic heterocycles. The Balaban J connectivity index is 4.40. The van der Waals surface area contributed by atoms with Crippen molar-refractivity contribution in [1.82, 2.24) is 0 Å². The van der Waals surface area contributed by atoms with E-state index in [2.05, 4.69) is 39.8 Å². The van der Waals surface area contributed by atoms with Gasteiger partial charge in [-0.05, 0) is 32.1 Å². The second-order valence-electron chi connectivity index (χ2n) is 3.85. The van der Waals surface area contributed by atoms with Gasteiger partial charge in [0.25, 0.3) is 0 Å². The first-order chi connectivity index (χ1) is 6.67. The molecule has 1 heteroatoms. The third kappa shape index (κ3) is 4.59. The van der Waals surface area contributed by atoms with Crippen LogP contribution in [0.3, 0.4) is 0 Å². The van der Waals surface area contributed by atoms with Gasteiger partial charge in [-0.15, -0.1) is 0 Å². The van der Waals surface area contributed by atoms with Crippen LogP contribution in [0.2, 0.25) is 0 Å². The summed E-state index contributed by atoms with van der Waals surface area (Å²) in [5, 5.41) is 0. The van der Waals surface area contributed by atoms with Gasteiger partial charge in [-0.3, -0.25) is 4.39 Å². The molecule has 82 valence electrons. The molecule has 0 saturated carbocycles. The quantitative estimate of drug-likeness (QED) is 0.550. The molecule has 0 fully saturated rings. The summed E-state index contributed by atoms with van der Waals surface area (Å²) >= 11 is 0. The first-order valence-electron chi connectivity index (χ1n) is 5.52. The predicted octanol–water partition coefficient (Wildman–Crippen LogP) is 4.53. The second kappa shape index (κ2) is 7.78. The fraction of sp³-hybridized carbons (Fsp3) is 0.692. The Labute approximate surface area is 87.9 Å². The van der Waals surface area contributed by atoms with Crippen LogP contribution < -0.4 is 0 Å². The molecule has 0 radical (unpaired) electrons. The lowest BCUT2D eigenvalue weighted by Crippen LogP contribution is -2.09. The molecule has 0 bridgehead atoms. The highest BCUT2D eigenvalue weighted by Crippen LogP contribution is 2.24. The molecule has 2 unspecified atom stereocenters. The molecule has 0 aliphatic rings. The zero-order valence-corrected chi connectivity index (χ0v) is 9.89. The molecule has 0 nitrogen and oxygen atoms in total. The Morgan fingerprint density at radius 3 is 2.50 bits per heavy atom. The Morgan fingerprint density at radius 2 is 2.07 bits per heavy atom. The highest BCUT2D eigenvalue weighted by Gasteiger charge is 2.13. The van der Waals surface area contributed by atoms with E-state index in [1.54, 1.807) is 0 Å². The van der Waals surface area contributed by atoms with E-state index in [9.17, 15) is 4.39 Å². The minimum Gasteiger partial charge on any atom is -0.251 e. The van der Waals surface area contributed by atoms with Crippen LogP contribution in [0.25, 0.3) is 0 Å². The van der Waals surface area contributed by atoms with Crippen LogP contribution in [0, 0.1) is 11.8 Å². The van der Waals surface area contributed by atoms with Crippen molar-refractivity contribution >= 4 is 0 Å². The number of hydrogen-bond acceptors (Lipinski definition) is 0. The molecule has 0 spiro atoms. The zero-order valence-electron chi connectivity index (χ0n) is 9.89. The smallest absolute Gasteiger partial charge is 0.0928 e. The lowest BCUT2D eigenvalue weighted by molar-refractivity contribution is 0.460. The number of alkyl halides is 1. The Kier molecular flexibility index (Phi) is 7.45. The summed E-state index contributed by atoms with van der Waals surface area (Å²) in [6.07, 6.45) is 7.98. The first kappa shape index (κ1) is 13.4. The molecular weight excluding hydrogens is 175 g/mol. The molecule has 0 aromatic heterocycles. The molecule has 0 N–H and O–H groups in total. The molecular formula is C13H23F. The van der Waals surface area contributed by atoms with E-state index in [0.717, 1.165) is 6.42 Å². The molecule has 14 heavy (non-hydrogen) atoms. The van der Waals surface area contributed by atoms with Gasteiger partial charge in [-0.1, -0.05) is 44.1 Å². The molecule has 0 saturated heterocycles. The highest BCUT2D eigenvalue weighted by molar-refractivity contribution is 5.11. The van der Waals surface area contributed by atoms with Crippen molar-refractivity contribution in [2.45, 2.75) is 40.5 Å². The number of allylic oxidation sites excluding steroid dienone is 4. The van der Waals surface area contributed by atoms with Gasteiger partial charge < -0.3 is 0 Å². The third-order valence-corrected chi connectivity index (χ3v) is 2.86. The van der Waals surface area contributed by atoms with Crippen LogP contribution in [-0.2, 0) is 0 Å². The van der Waals surface area contributed by atoms with Crippen LogP contribution in [-0.4, -0.2) is 6.67 Å². The van der Waals surface area contributed by atoms with E-state index < -0.39 is 0 Å². The van der Waals surface area contributed by atoms with Crippen molar-refractivity contribution in [3.63, 3.8) is 0 Å². The normalized spacial score (nSPS) is 17.4. The summed E-state index contributed by atoms with van der Waals surface area (Å²) in [6.45, 7) is 8.41. The maximum Gasteiger partial charge on any atom is 0.0928 e. The van der Waals surface area contributed by atoms with Crippen molar-refractivity contribution in [1.29, 1.82) is 0 Å². The molecule has 0 aromatic rings. The SMILES string of the molecule is C/C=C(\C)C(/C=C\CCF)C(C)CC. The van der Waals surface area contributed by atoms with Crippen molar-refractivity contribution in [3.8, 4) is 0 Å². The summed E-state index contributed by atoms with van der Waals surface area (Å²) in [5.74, 6) is 1.12. The van der Waals surface area contributed by atoms with Crippen LogP contribution in [0.5, 0.6) is 0 Å². The van der Waals surface area contributed by atoms with Crippen molar-refractivity contribution in [2.24, 2.45) is 11.8 Å². The van der Waals surface area contributed by atoms with Gasteiger partial charge in [0.1, 0.15) is 0 Å². The third-order valence-electron chi connectivity index (χ3n) is 2.86. The van der Waals surface area contributed by atoms with Gasteiger partial charge in [0.2, 0.25) is 0 Å². The standard InChI is InChI=1S/C13H23F/c1-5-11(3)13(12(4)6-2)9-7-8-10-14/h5,7,9,12-13H,6,8,10H2,1-4H3/b9-7-,11-5+. The first-order valence-corrected chi connectivity index (χ1v) is 5.52. The summed E-state index contributed by atoms with van der Waals surface area (Å²) in [6, 6.07) is 0. The summed E-state index contributed by atoms with van der Waals surface area (Å²) in [4.78, 5) is 0. The summed E-state index contributed by atoms with van der Waals surface area (Å²) < 4.78 is 11.9. The monoisotopic (exact) mass is 198 g/mol. The van der Waals surface area contributed by atoms with E-state index in [1.807, 2.05) is 6.08 Å². The minimum atomic E-state index is -0.251. The van der Waals surface area contributed by atoms with Crippen molar-refractivity contribution in [3.05, 3.63) is 23.8 Å². The fourth-order valence-electron chi connectivity index (χ4n) is 1.54. The highest BCUT2D eigenvalue weighted by atomic mass is 19.1. The lowest BCUT2D eigenvalue weighted by atomic mass is 9.85. The van der Waals surface area contributed by atoms with Gasteiger partial charge in [-0.25, -0.2) is 0 Å². The second-order valence-corrected chi connectivity index (χ2v) is 3.85. The van der Waals surface area contributed by atoms with Crippen molar-refractivity contribution in [2.75, 3.05) is 6.67 Å². The Bertz CT molecular complexity index is 191. The topological polar surface area (TPSA) is 0 Å². The van der Waals surface area contributed by atoms with Crippen LogP contribution in [0.15, 0.2) is 23.8 Å². The molecule has 0 rings (SSSR count). The van der Waals surface area contributed by atoms with Gasteiger partial charge in [0.15, 0.2) is 0 Å². The van der Waals surface area contributed by atoms with Gasteiger partial charge in [0, 0.05) is 0 Å². The summed E-state index contributed by atoms with van der Waals surface area (Å²) in [5.41, 5.74) is 1.38. The fourth-order valence-corrected chi connectivity index (χ4v) is 1.54. The van der Waals surface area contributed by atoms with Crippen LogP contribution in [0.4, 0.5) is 4.39 Å². The maximum absolute atomic E-state index is 11.9. The predicted molar refractivity (Wildman–Crippen MR) is 62.1 cm³/mol. The average molecular weight is 198 g/mol. The number of rotatable bonds is 6. The van der Waals surface area contributed by atoms with E-state index >= 15 is 0 Å². The van der Waals surface area contributed by atoms with Gasteiger partial charge in [-0.2, -0.15) is 0 Å². The molecule has 0 aromatic carbocycles. The summed E-state index contributed by atoms with van der Waals surface area (Å²) in [7, 11) is 0. The number of halogens is 1. The minimum absolute atomic E-state index is 0.251. The van der Waals surface area contributed by atoms with Gasteiger partial charge >= 0.3 is 0 Å². The Hall–Kier alpha value is -0.590. The lowest BCUT2D eigenvalue weighted by Gasteiger charge is -2.20. The van der Waals surface area contributed by atoms with E-state index in [0.29, 0.717) is 18.3 Å². The molecule has 2 atom stereocenters. The van der Waals surface area contributed by atoms with Crippen LogP contribution >= 0.6 is 0 Å². The molecule has 0 aliphatic carbocycles. The average Bonchev–Trinajstić information content (AvgIpc) is 2.22. The molecule has 0 amide bonds. The maximum atomic E-state index is 11.9. The van der Waals surface area contributed by atoms with E-state index in [-0.39, 0.29) is 6.67 Å². The van der Waals surface area contributed by atoms with E-state index in [1.165, 1.54) is 5.57 Å². The Morgan fingerprint density at radius 1 is 1.43 bits per heavy atom. The van der Waals surface area contributed by atoms with E-state index in [4.69, 9.17) is 0 Å². The van der Waals surface area contributed by atoms with Gasteiger partial charge in [0.05, 0.1) is 6.67 Å². The van der Waals surface area contributed by atoms with Crippen molar-refractivity contribution < 1.29 is 4.39 Å². The van der Waals surface area contributed by atoms with Crippen LogP contribution in [0.1, 0.15) is 40.5 Å². The number of hydrogen-bond donors (Lipinski definition) is 0.